The van der Waals surface area contributed by atoms with Crippen molar-refractivity contribution in [3.63, 3.8) is 0 Å². The molecule has 0 bridgehead atoms. The molecular weight excluding hydrogens is 432 g/mol. The summed E-state index contributed by atoms with van der Waals surface area (Å²) in [5.41, 5.74) is 2.46. The lowest BCUT2D eigenvalue weighted by atomic mass is 10.1. The number of benzene rings is 2. The summed E-state index contributed by atoms with van der Waals surface area (Å²) in [7, 11) is 0. The normalized spacial score (nSPS) is 14.4. The SMILES string of the molecule is O=C(c1cc(-n2cnnn2)ccc1Br)N1CCN(c2ccc(Cl)cc2)CC1. The Morgan fingerprint density at radius 3 is 2.37 bits per heavy atom. The zero-order valence-corrected chi connectivity index (χ0v) is 16.6. The molecule has 27 heavy (non-hydrogen) atoms. The maximum absolute atomic E-state index is 13.0. The van der Waals surface area contributed by atoms with Gasteiger partial charge in [0, 0.05) is 41.4 Å². The molecule has 9 heteroatoms. The lowest BCUT2D eigenvalue weighted by Crippen LogP contribution is -2.48. The van der Waals surface area contributed by atoms with Gasteiger partial charge >= 0.3 is 0 Å². The molecule has 3 aromatic rings. The summed E-state index contributed by atoms with van der Waals surface area (Å²) < 4.78 is 2.28. The Morgan fingerprint density at radius 1 is 1.00 bits per heavy atom. The van der Waals surface area contributed by atoms with Crippen molar-refractivity contribution in [2.24, 2.45) is 0 Å². The van der Waals surface area contributed by atoms with E-state index in [0.29, 0.717) is 18.7 Å². The van der Waals surface area contributed by atoms with Gasteiger partial charge in [0.25, 0.3) is 5.91 Å². The fourth-order valence-electron chi connectivity index (χ4n) is 3.09. The van der Waals surface area contributed by atoms with Gasteiger partial charge in [0.1, 0.15) is 6.33 Å². The van der Waals surface area contributed by atoms with Gasteiger partial charge in [-0.3, -0.25) is 4.79 Å². The summed E-state index contributed by atoms with van der Waals surface area (Å²) in [5, 5.41) is 11.9. The van der Waals surface area contributed by atoms with E-state index in [1.165, 1.54) is 11.0 Å². The van der Waals surface area contributed by atoms with Gasteiger partial charge in [-0.2, -0.15) is 0 Å². The van der Waals surface area contributed by atoms with Gasteiger partial charge in [-0.25, -0.2) is 4.68 Å². The summed E-state index contributed by atoms with van der Waals surface area (Å²) >= 11 is 9.44. The number of anilines is 1. The summed E-state index contributed by atoms with van der Waals surface area (Å²) in [6.45, 7) is 2.86. The van der Waals surface area contributed by atoms with Gasteiger partial charge in [-0.05, 0) is 68.8 Å². The highest BCUT2D eigenvalue weighted by Crippen LogP contribution is 2.24. The smallest absolute Gasteiger partial charge is 0.255 e. The van der Waals surface area contributed by atoms with Crippen molar-refractivity contribution >= 4 is 39.1 Å². The molecule has 4 rings (SSSR count). The zero-order chi connectivity index (χ0) is 18.8. The molecule has 1 amide bonds. The minimum atomic E-state index is -0.00689. The van der Waals surface area contributed by atoms with Gasteiger partial charge in [0.05, 0.1) is 11.3 Å². The summed E-state index contributed by atoms with van der Waals surface area (Å²) in [6.07, 6.45) is 1.50. The van der Waals surface area contributed by atoms with Gasteiger partial charge < -0.3 is 9.80 Å². The first-order valence-electron chi connectivity index (χ1n) is 8.44. The minimum Gasteiger partial charge on any atom is -0.368 e. The Bertz CT molecular complexity index is 939. The first-order chi connectivity index (χ1) is 13.1. The molecule has 0 unspecified atom stereocenters. The molecule has 0 aliphatic carbocycles. The van der Waals surface area contributed by atoms with Gasteiger partial charge in [0.15, 0.2) is 0 Å². The third-order valence-corrected chi connectivity index (χ3v) is 5.50. The molecule has 7 nitrogen and oxygen atoms in total. The third kappa shape index (κ3) is 3.81. The van der Waals surface area contributed by atoms with E-state index in [9.17, 15) is 4.79 Å². The maximum atomic E-state index is 13.0. The molecule has 1 aromatic heterocycles. The predicted octanol–water partition coefficient (Wildman–Crippen LogP) is 3.04. The molecule has 1 saturated heterocycles. The Hall–Kier alpha value is -2.45. The van der Waals surface area contributed by atoms with E-state index in [4.69, 9.17) is 11.6 Å². The standard InChI is InChI=1S/C18H16BrClN6O/c19-17-6-5-15(26-12-21-22-23-26)11-16(17)18(27)25-9-7-24(8-10-25)14-3-1-13(20)2-4-14/h1-6,11-12H,7-10H2. The number of carbonyl (C=O) groups is 1. The van der Waals surface area contributed by atoms with Crippen LogP contribution in [0.4, 0.5) is 5.69 Å². The number of tetrazole rings is 1. The van der Waals surface area contributed by atoms with Crippen molar-refractivity contribution in [2.45, 2.75) is 0 Å². The molecule has 0 radical (unpaired) electrons. The van der Waals surface area contributed by atoms with Crippen molar-refractivity contribution in [3.8, 4) is 5.69 Å². The molecule has 0 N–H and O–H groups in total. The molecule has 2 aromatic carbocycles. The van der Waals surface area contributed by atoms with E-state index in [0.717, 1.165) is 34.0 Å². The van der Waals surface area contributed by atoms with Crippen molar-refractivity contribution in [3.05, 3.63) is 63.9 Å². The van der Waals surface area contributed by atoms with Crippen molar-refractivity contribution < 1.29 is 4.79 Å². The number of hydrogen-bond donors (Lipinski definition) is 0. The number of nitrogens with zero attached hydrogens (tertiary/aromatic N) is 6. The third-order valence-electron chi connectivity index (χ3n) is 4.55. The Labute approximate surface area is 169 Å². The van der Waals surface area contributed by atoms with Gasteiger partial charge in [0.2, 0.25) is 0 Å². The fourth-order valence-corrected chi connectivity index (χ4v) is 3.63. The number of carbonyl (C=O) groups excluding carboxylic acids is 1. The first kappa shape index (κ1) is 17.9. The van der Waals surface area contributed by atoms with E-state index in [-0.39, 0.29) is 5.91 Å². The van der Waals surface area contributed by atoms with Crippen LogP contribution < -0.4 is 4.90 Å². The Kier molecular flexibility index (Phi) is 5.09. The Morgan fingerprint density at radius 2 is 1.70 bits per heavy atom. The van der Waals surface area contributed by atoms with Crippen molar-refractivity contribution in [1.29, 1.82) is 0 Å². The van der Waals surface area contributed by atoms with E-state index < -0.39 is 0 Å². The van der Waals surface area contributed by atoms with E-state index >= 15 is 0 Å². The molecule has 1 aliphatic rings. The lowest BCUT2D eigenvalue weighted by Gasteiger charge is -2.36. The summed E-state index contributed by atoms with van der Waals surface area (Å²) in [6, 6.07) is 13.3. The van der Waals surface area contributed by atoms with E-state index in [1.54, 1.807) is 6.07 Å². The van der Waals surface area contributed by atoms with Gasteiger partial charge in [-0.1, -0.05) is 11.6 Å². The van der Waals surface area contributed by atoms with Crippen LogP contribution in [-0.4, -0.2) is 57.2 Å². The summed E-state index contributed by atoms with van der Waals surface area (Å²) in [4.78, 5) is 17.2. The van der Waals surface area contributed by atoms with Crippen molar-refractivity contribution in [2.75, 3.05) is 31.1 Å². The highest BCUT2D eigenvalue weighted by atomic mass is 79.9. The predicted molar refractivity (Wildman–Crippen MR) is 106 cm³/mol. The largest absolute Gasteiger partial charge is 0.368 e. The quantitative estimate of drug-likeness (QED) is 0.617. The highest BCUT2D eigenvalue weighted by molar-refractivity contribution is 9.10. The summed E-state index contributed by atoms with van der Waals surface area (Å²) in [5.74, 6) is -0.00689. The number of hydrogen-bond acceptors (Lipinski definition) is 5. The van der Waals surface area contributed by atoms with Crippen LogP contribution in [0.2, 0.25) is 5.02 Å². The van der Waals surface area contributed by atoms with Crippen LogP contribution in [0, 0.1) is 0 Å². The molecule has 1 aliphatic heterocycles. The lowest BCUT2D eigenvalue weighted by molar-refractivity contribution is 0.0746. The van der Waals surface area contributed by atoms with E-state index in [2.05, 4.69) is 36.4 Å². The second kappa shape index (κ2) is 7.66. The average molecular weight is 448 g/mol. The second-order valence-electron chi connectivity index (χ2n) is 6.17. The number of piperazine rings is 1. The maximum Gasteiger partial charge on any atom is 0.255 e. The van der Waals surface area contributed by atoms with Crippen LogP contribution >= 0.6 is 27.5 Å². The molecule has 138 valence electrons. The molecule has 0 atom stereocenters. The van der Waals surface area contributed by atoms with Crippen LogP contribution in [0.5, 0.6) is 0 Å². The first-order valence-corrected chi connectivity index (χ1v) is 9.61. The van der Waals surface area contributed by atoms with Crippen LogP contribution in [-0.2, 0) is 0 Å². The van der Waals surface area contributed by atoms with Gasteiger partial charge in [-0.15, -0.1) is 5.10 Å². The van der Waals surface area contributed by atoms with Crippen LogP contribution in [0.15, 0.2) is 53.3 Å². The highest BCUT2D eigenvalue weighted by Gasteiger charge is 2.24. The van der Waals surface area contributed by atoms with E-state index in [1.807, 2.05) is 41.3 Å². The number of aromatic nitrogens is 4. The fraction of sp³-hybridized carbons (Fsp3) is 0.222. The van der Waals surface area contributed by atoms with Crippen LogP contribution in [0.25, 0.3) is 5.69 Å². The molecule has 0 spiro atoms. The monoisotopic (exact) mass is 446 g/mol. The molecule has 0 saturated carbocycles. The zero-order valence-electron chi connectivity index (χ0n) is 14.3. The molecular formula is C18H16BrClN6O. The minimum absolute atomic E-state index is 0.00689. The molecule has 1 fully saturated rings. The van der Waals surface area contributed by atoms with Crippen LogP contribution in [0.3, 0.4) is 0 Å². The average Bonchev–Trinajstić information content (AvgIpc) is 3.23. The topological polar surface area (TPSA) is 67.2 Å². The number of amides is 1. The van der Waals surface area contributed by atoms with Crippen LogP contribution in [0.1, 0.15) is 10.4 Å². The number of halogens is 2. The molecule has 2 heterocycles. The Balaban J connectivity index is 1.48. The van der Waals surface area contributed by atoms with Crippen molar-refractivity contribution in [1.82, 2.24) is 25.1 Å². The number of rotatable bonds is 3. The second-order valence-corrected chi connectivity index (χ2v) is 7.46.